The first kappa shape index (κ1) is 29.0. The fraction of sp³-hybridized carbons (Fsp3) is 0.423. The second-order valence-corrected chi connectivity index (χ2v) is 9.96. The number of aliphatic hydroxyl groups is 6. The third kappa shape index (κ3) is 4.86. The van der Waals surface area contributed by atoms with Crippen LogP contribution >= 0.6 is 0 Å². The number of fused-ring (bicyclic) bond motifs is 1. The van der Waals surface area contributed by atoms with E-state index >= 15 is 0 Å². The summed E-state index contributed by atoms with van der Waals surface area (Å²) in [6.45, 7) is -2.27. The molecule has 2 aliphatic heterocycles. The van der Waals surface area contributed by atoms with Crippen molar-refractivity contribution in [2.75, 3.05) is 19.8 Å². The molecule has 15 heteroatoms. The number of aliphatic hydroxyl groups excluding tert-OH is 5. The molecule has 5 rings (SSSR count). The molecule has 8 atom stereocenters. The maximum absolute atomic E-state index is 13.1. The van der Waals surface area contributed by atoms with Crippen molar-refractivity contribution in [2.45, 2.75) is 48.5 Å². The Morgan fingerprint density at radius 2 is 1.68 bits per heavy atom. The molecule has 0 unspecified atom stereocenters. The number of ether oxygens (including phenoxy) is 3. The molecule has 1 aromatic heterocycles. The topological polar surface area (TPSA) is 260 Å². The normalized spacial score (nSPS) is 32.0. The van der Waals surface area contributed by atoms with E-state index in [4.69, 9.17) is 18.6 Å². The van der Waals surface area contributed by atoms with Gasteiger partial charge in [-0.2, -0.15) is 0 Å². The van der Waals surface area contributed by atoms with Gasteiger partial charge in [0.2, 0.25) is 0 Å². The molecule has 0 aliphatic carbocycles. The second kappa shape index (κ2) is 10.7. The fourth-order valence-corrected chi connectivity index (χ4v) is 4.94. The Kier molecular flexibility index (Phi) is 7.58. The Morgan fingerprint density at radius 1 is 0.951 bits per heavy atom. The second-order valence-electron chi connectivity index (χ2n) is 9.96. The van der Waals surface area contributed by atoms with Crippen LogP contribution in [0.4, 0.5) is 0 Å². The van der Waals surface area contributed by atoms with Gasteiger partial charge in [0.1, 0.15) is 70.5 Å². The van der Waals surface area contributed by atoms with Crippen LogP contribution < -0.4 is 5.43 Å². The molecule has 2 aromatic carbocycles. The predicted molar refractivity (Wildman–Crippen MR) is 134 cm³/mol. The highest BCUT2D eigenvalue weighted by molar-refractivity contribution is 5.88. The quantitative estimate of drug-likeness (QED) is 0.145. The average molecular weight is 580 g/mol. The Hall–Kier alpha value is -3.51. The Balaban J connectivity index is 1.59. The first-order valence-corrected chi connectivity index (χ1v) is 12.4. The van der Waals surface area contributed by atoms with Crippen LogP contribution in [0.5, 0.6) is 23.0 Å². The highest BCUT2D eigenvalue weighted by Gasteiger charge is 2.53. The van der Waals surface area contributed by atoms with Crippen molar-refractivity contribution in [2.24, 2.45) is 0 Å². The van der Waals surface area contributed by atoms with Crippen molar-refractivity contribution in [3.05, 3.63) is 46.1 Å². The number of rotatable bonds is 6. The van der Waals surface area contributed by atoms with Gasteiger partial charge in [0.25, 0.3) is 0 Å². The molecule has 0 bridgehead atoms. The lowest BCUT2D eigenvalue weighted by Crippen LogP contribution is -2.58. The minimum atomic E-state index is -2.11. The van der Waals surface area contributed by atoms with Crippen LogP contribution in [0, 0.1) is 0 Å². The van der Waals surface area contributed by atoms with E-state index in [1.165, 1.54) is 6.07 Å². The highest BCUT2D eigenvalue weighted by Crippen LogP contribution is 2.46. The molecule has 2 saturated heterocycles. The van der Waals surface area contributed by atoms with Crippen LogP contribution in [0.15, 0.2) is 39.5 Å². The van der Waals surface area contributed by atoms with E-state index in [-0.39, 0.29) is 16.9 Å². The van der Waals surface area contributed by atoms with E-state index in [1.54, 1.807) is 0 Å². The standard InChI is InChI=1S/C26H28O15/c27-6-16-19(33)21(35)23(41-25-24(36)26(37,7-28)8-38-25)22(40-16)18-13(32)5-15-17(20(18)34)12(31)4-14(39-15)9-1-2-10(29)11(30)3-9/h1-5,16,19,21-25,27-30,32-37H,6-8H2/t16-,19+,21-,22-,23+,24+,25-,26+/m0/s1. The maximum Gasteiger partial charge on any atom is 0.197 e. The highest BCUT2D eigenvalue weighted by atomic mass is 16.7. The smallest absolute Gasteiger partial charge is 0.197 e. The summed E-state index contributed by atoms with van der Waals surface area (Å²) in [6, 6.07) is 5.59. The summed E-state index contributed by atoms with van der Waals surface area (Å²) in [7, 11) is 0. The molecule has 41 heavy (non-hydrogen) atoms. The third-order valence-corrected chi connectivity index (χ3v) is 7.29. The van der Waals surface area contributed by atoms with Crippen molar-refractivity contribution in [3.8, 4) is 34.3 Å². The molecule has 3 aromatic rings. The molecule has 0 saturated carbocycles. The van der Waals surface area contributed by atoms with Crippen molar-refractivity contribution in [3.63, 3.8) is 0 Å². The van der Waals surface area contributed by atoms with Crippen LogP contribution in [0.25, 0.3) is 22.3 Å². The summed E-state index contributed by atoms with van der Waals surface area (Å²) in [5.74, 6) is -2.55. The van der Waals surface area contributed by atoms with Crippen LogP contribution in [-0.4, -0.2) is 113 Å². The molecular weight excluding hydrogens is 552 g/mol. The summed E-state index contributed by atoms with van der Waals surface area (Å²) < 4.78 is 22.2. The predicted octanol–water partition coefficient (Wildman–Crippen LogP) is -1.74. The Morgan fingerprint density at radius 3 is 2.32 bits per heavy atom. The lowest BCUT2D eigenvalue weighted by atomic mass is 9.89. The fourth-order valence-electron chi connectivity index (χ4n) is 4.94. The van der Waals surface area contributed by atoms with Gasteiger partial charge >= 0.3 is 0 Å². The van der Waals surface area contributed by atoms with Crippen molar-refractivity contribution in [1.29, 1.82) is 0 Å². The van der Waals surface area contributed by atoms with Crippen LogP contribution in [0.2, 0.25) is 0 Å². The van der Waals surface area contributed by atoms with Gasteiger partial charge < -0.3 is 69.7 Å². The zero-order valence-electron chi connectivity index (χ0n) is 21.1. The lowest BCUT2D eigenvalue weighted by Gasteiger charge is -2.43. The zero-order chi connectivity index (χ0) is 29.8. The lowest BCUT2D eigenvalue weighted by molar-refractivity contribution is -0.287. The van der Waals surface area contributed by atoms with Crippen molar-refractivity contribution >= 4 is 11.0 Å². The molecule has 10 N–H and O–H groups in total. The van der Waals surface area contributed by atoms with Gasteiger partial charge in [0.15, 0.2) is 23.2 Å². The Labute approximate surface area is 229 Å². The molecule has 0 spiro atoms. The van der Waals surface area contributed by atoms with Gasteiger partial charge in [-0.15, -0.1) is 0 Å². The molecule has 2 aliphatic rings. The summed E-state index contributed by atoms with van der Waals surface area (Å²) in [6.07, 6.45) is -12.0. The molecule has 0 amide bonds. The van der Waals surface area contributed by atoms with E-state index < -0.39 is 108 Å². The van der Waals surface area contributed by atoms with Gasteiger partial charge in [-0.1, -0.05) is 0 Å². The van der Waals surface area contributed by atoms with E-state index in [9.17, 15) is 55.9 Å². The Bertz CT molecular complexity index is 1500. The minimum Gasteiger partial charge on any atom is -0.507 e. The maximum atomic E-state index is 13.1. The number of hydrogen-bond acceptors (Lipinski definition) is 15. The van der Waals surface area contributed by atoms with Gasteiger partial charge in [-0.05, 0) is 18.2 Å². The summed E-state index contributed by atoms with van der Waals surface area (Å²) in [5.41, 5.74) is -3.52. The van der Waals surface area contributed by atoms with Gasteiger partial charge in [-0.25, -0.2) is 0 Å². The van der Waals surface area contributed by atoms with E-state index in [0.29, 0.717) is 0 Å². The van der Waals surface area contributed by atoms with Gasteiger partial charge in [0.05, 0.1) is 25.4 Å². The average Bonchev–Trinajstić information content (AvgIpc) is 3.22. The molecule has 3 heterocycles. The van der Waals surface area contributed by atoms with E-state index in [1.807, 2.05) is 0 Å². The SMILES string of the molecule is O=c1cc(-c2ccc(O)c(O)c2)oc2cc(O)c([C@@H]3O[C@@H](CO)[C@@H](O)[C@H](O)[C@H]3O[C@@H]3OC[C@](O)(CO)[C@@H]3O)c(O)c12. The molecule has 2 fully saturated rings. The molecule has 0 radical (unpaired) electrons. The van der Waals surface area contributed by atoms with Crippen molar-refractivity contribution < 1.29 is 69.7 Å². The minimum absolute atomic E-state index is 0.0814. The summed E-state index contributed by atoms with van der Waals surface area (Å²) in [5, 5.41) is 102. The van der Waals surface area contributed by atoms with E-state index in [2.05, 4.69) is 0 Å². The largest absolute Gasteiger partial charge is 0.507 e. The van der Waals surface area contributed by atoms with Crippen LogP contribution in [0.1, 0.15) is 11.7 Å². The van der Waals surface area contributed by atoms with Crippen LogP contribution in [-0.2, 0) is 14.2 Å². The van der Waals surface area contributed by atoms with E-state index in [0.717, 1.165) is 24.3 Å². The first-order valence-electron chi connectivity index (χ1n) is 12.4. The van der Waals surface area contributed by atoms with Gasteiger partial charge in [-0.3, -0.25) is 4.79 Å². The number of benzene rings is 2. The van der Waals surface area contributed by atoms with Gasteiger partial charge in [0, 0.05) is 17.7 Å². The molecular formula is C26H28O15. The summed E-state index contributed by atoms with van der Waals surface area (Å²) in [4.78, 5) is 13.1. The summed E-state index contributed by atoms with van der Waals surface area (Å²) >= 11 is 0. The third-order valence-electron chi connectivity index (χ3n) is 7.29. The number of hydrogen-bond donors (Lipinski definition) is 10. The number of aromatic hydroxyl groups is 4. The first-order chi connectivity index (χ1) is 19.4. The van der Waals surface area contributed by atoms with Crippen LogP contribution in [0.3, 0.4) is 0 Å². The monoisotopic (exact) mass is 580 g/mol. The zero-order valence-corrected chi connectivity index (χ0v) is 21.1. The van der Waals surface area contributed by atoms with Crippen molar-refractivity contribution in [1.82, 2.24) is 0 Å². The molecule has 15 nitrogen and oxygen atoms in total. The number of phenols is 4. The molecule has 222 valence electrons. The number of phenolic OH excluding ortho intramolecular Hbond substituents is 4.